The number of aromatic amines is 1. The molecular formula is C36H44N4O3. The van der Waals surface area contributed by atoms with Crippen LogP contribution in [0, 0.1) is 12.8 Å². The van der Waals surface area contributed by atoms with E-state index in [4.69, 9.17) is 9.47 Å². The molecule has 3 aromatic rings. The first-order valence-electron chi connectivity index (χ1n) is 16.0. The highest BCUT2D eigenvalue weighted by molar-refractivity contribution is 5.95. The molecule has 2 saturated heterocycles. The fourth-order valence-corrected chi connectivity index (χ4v) is 9.15. The first-order chi connectivity index (χ1) is 20.6. The van der Waals surface area contributed by atoms with Crippen LogP contribution in [0.25, 0.3) is 0 Å². The molecule has 1 N–H and O–H groups in total. The molecule has 1 amide bonds. The summed E-state index contributed by atoms with van der Waals surface area (Å²) in [6.07, 6.45) is 2.96. The highest BCUT2D eigenvalue weighted by Crippen LogP contribution is 2.67. The molecule has 2 fully saturated rings. The number of hydrogen-bond acceptors (Lipinski definition) is 5. The molecule has 4 heterocycles. The fourth-order valence-electron chi connectivity index (χ4n) is 9.15. The number of anilines is 1. The largest absolute Gasteiger partial charge is 0.493 e. The Morgan fingerprint density at radius 2 is 1.77 bits per heavy atom. The SMILES string of the molecule is COc1ccc2c3c1O[C@H]1c4[nH]c(C(=O)N5CCN(c6ccc(C(C)(C)C)cc6)CC5)c(C)c4CC4[C@@H](C2)N(C)CC[C@@]341. The third-order valence-corrected chi connectivity index (χ3v) is 11.6. The van der Waals surface area contributed by atoms with E-state index in [1.54, 1.807) is 7.11 Å². The summed E-state index contributed by atoms with van der Waals surface area (Å²) in [5.74, 6) is 2.32. The van der Waals surface area contributed by atoms with Crippen molar-refractivity contribution < 1.29 is 14.3 Å². The molecule has 8 rings (SSSR count). The normalized spacial score (nSPS) is 27.4. The minimum absolute atomic E-state index is 0.0760. The highest BCUT2D eigenvalue weighted by Gasteiger charge is 2.65. The summed E-state index contributed by atoms with van der Waals surface area (Å²) in [6, 6.07) is 13.8. The van der Waals surface area contributed by atoms with Crippen LogP contribution in [-0.2, 0) is 23.7 Å². The maximum absolute atomic E-state index is 14.1. The van der Waals surface area contributed by atoms with Crippen molar-refractivity contribution in [2.24, 2.45) is 5.92 Å². The van der Waals surface area contributed by atoms with Gasteiger partial charge in [0.25, 0.3) is 5.91 Å². The van der Waals surface area contributed by atoms with E-state index >= 15 is 0 Å². The van der Waals surface area contributed by atoms with E-state index in [1.807, 2.05) is 4.90 Å². The summed E-state index contributed by atoms with van der Waals surface area (Å²) >= 11 is 0. The van der Waals surface area contributed by atoms with Crippen LogP contribution < -0.4 is 14.4 Å². The molecule has 5 aliphatic rings. The second-order valence-electron chi connectivity index (χ2n) is 14.6. The number of aromatic nitrogens is 1. The number of hydrogen-bond donors (Lipinski definition) is 1. The minimum atomic E-state index is -0.115. The maximum Gasteiger partial charge on any atom is 0.270 e. The number of nitrogens with zero attached hydrogens (tertiary/aromatic N) is 3. The molecule has 2 bridgehead atoms. The number of piperazine rings is 1. The van der Waals surface area contributed by atoms with Crippen LogP contribution in [-0.4, -0.2) is 73.6 Å². The van der Waals surface area contributed by atoms with Crippen LogP contribution >= 0.6 is 0 Å². The van der Waals surface area contributed by atoms with Crippen LogP contribution in [0.2, 0.25) is 0 Å². The summed E-state index contributed by atoms with van der Waals surface area (Å²) in [4.78, 5) is 24.8. The first kappa shape index (κ1) is 27.1. The molecule has 0 radical (unpaired) electrons. The van der Waals surface area contributed by atoms with Crippen molar-refractivity contribution in [3.63, 3.8) is 0 Å². The third kappa shape index (κ3) is 3.73. The minimum Gasteiger partial charge on any atom is -0.493 e. The maximum atomic E-state index is 14.1. The number of ether oxygens (including phenoxy) is 2. The molecule has 1 aromatic heterocycles. The smallest absolute Gasteiger partial charge is 0.270 e. The monoisotopic (exact) mass is 580 g/mol. The number of rotatable bonds is 3. The molecule has 43 heavy (non-hydrogen) atoms. The average molecular weight is 581 g/mol. The van der Waals surface area contributed by atoms with Crippen molar-refractivity contribution in [3.8, 4) is 11.5 Å². The second-order valence-corrected chi connectivity index (χ2v) is 14.6. The van der Waals surface area contributed by atoms with Crippen molar-refractivity contribution in [3.05, 3.63) is 75.6 Å². The Morgan fingerprint density at radius 3 is 2.47 bits per heavy atom. The van der Waals surface area contributed by atoms with Crippen molar-refractivity contribution in [2.75, 3.05) is 51.8 Å². The lowest BCUT2D eigenvalue weighted by molar-refractivity contribution is -0.0256. The molecule has 2 aromatic carbocycles. The van der Waals surface area contributed by atoms with Gasteiger partial charge in [0, 0.05) is 48.9 Å². The van der Waals surface area contributed by atoms with Gasteiger partial charge in [-0.05, 0) is 91.6 Å². The number of piperidine rings is 1. The zero-order valence-electron chi connectivity index (χ0n) is 26.4. The number of fused-ring (bicyclic) bond motifs is 2. The Labute approximate surface area is 255 Å². The Hall–Kier alpha value is -3.45. The van der Waals surface area contributed by atoms with Crippen molar-refractivity contribution in [2.45, 2.75) is 69.9 Å². The number of carbonyl (C=O) groups excluding carboxylic acids is 1. The van der Waals surface area contributed by atoms with E-state index in [2.05, 4.69) is 85.9 Å². The van der Waals surface area contributed by atoms with Gasteiger partial charge >= 0.3 is 0 Å². The van der Waals surface area contributed by atoms with E-state index in [9.17, 15) is 4.79 Å². The summed E-state index contributed by atoms with van der Waals surface area (Å²) in [7, 11) is 4.02. The Balaban J connectivity index is 1.08. The van der Waals surface area contributed by atoms with Gasteiger partial charge in [0.15, 0.2) is 11.5 Å². The number of H-pyrrole nitrogens is 1. The highest BCUT2D eigenvalue weighted by atomic mass is 16.5. The van der Waals surface area contributed by atoms with Gasteiger partial charge in [-0.1, -0.05) is 39.0 Å². The summed E-state index contributed by atoms with van der Waals surface area (Å²) < 4.78 is 12.8. The topological polar surface area (TPSA) is 61.0 Å². The van der Waals surface area contributed by atoms with E-state index in [0.717, 1.165) is 67.3 Å². The standard InChI is InChI=1S/C36H44N4O3/c1-21-25-20-26-27-19-22-7-12-28(42-6)32-29(22)36(26,13-14-38(27)5)33(43-32)31(25)37-30(21)34(41)40-17-15-39(16-18-40)24-10-8-23(9-11-24)35(2,3)4/h7-12,26-27,33,37H,13-20H2,1-6H3/t26?,27-,33+,36+/m1/s1. The molecule has 226 valence electrons. The van der Waals surface area contributed by atoms with Gasteiger partial charge in [-0.3, -0.25) is 4.79 Å². The summed E-state index contributed by atoms with van der Waals surface area (Å²) in [5.41, 5.74) is 9.68. The van der Waals surface area contributed by atoms with Gasteiger partial charge in [0.1, 0.15) is 11.8 Å². The van der Waals surface area contributed by atoms with E-state index in [-0.39, 0.29) is 22.8 Å². The van der Waals surface area contributed by atoms with Gasteiger partial charge in [-0.15, -0.1) is 0 Å². The number of benzene rings is 2. The van der Waals surface area contributed by atoms with Gasteiger partial charge in [0.2, 0.25) is 0 Å². The Bertz CT molecular complexity index is 1610. The van der Waals surface area contributed by atoms with Gasteiger partial charge in [-0.2, -0.15) is 0 Å². The molecule has 3 aliphatic heterocycles. The lowest BCUT2D eigenvalue weighted by Gasteiger charge is -2.57. The molecule has 0 saturated carbocycles. The van der Waals surface area contributed by atoms with Crippen LogP contribution in [0.4, 0.5) is 5.69 Å². The van der Waals surface area contributed by atoms with Gasteiger partial charge in [0.05, 0.1) is 12.8 Å². The zero-order chi connectivity index (χ0) is 29.8. The Morgan fingerprint density at radius 1 is 1.02 bits per heavy atom. The van der Waals surface area contributed by atoms with Crippen molar-refractivity contribution in [1.82, 2.24) is 14.8 Å². The number of amides is 1. The van der Waals surface area contributed by atoms with E-state index in [1.165, 1.54) is 27.9 Å². The fraction of sp³-hybridized carbons (Fsp3) is 0.528. The van der Waals surface area contributed by atoms with E-state index < -0.39 is 0 Å². The van der Waals surface area contributed by atoms with Gasteiger partial charge in [-0.25, -0.2) is 0 Å². The predicted octanol–water partition coefficient (Wildman–Crippen LogP) is 5.40. The van der Waals surface area contributed by atoms with Crippen LogP contribution in [0.5, 0.6) is 11.5 Å². The predicted molar refractivity (Wildman–Crippen MR) is 169 cm³/mol. The van der Waals surface area contributed by atoms with Crippen molar-refractivity contribution in [1.29, 1.82) is 0 Å². The third-order valence-electron chi connectivity index (χ3n) is 11.6. The number of methoxy groups -OCH3 is 1. The number of carbonyl (C=O) groups is 1. The lowest BCUT2D eigenvalue weighted by Crippen LogP contribution is -2.62. The van der Waals surface area contributed by atoms with Crippen LogP contribution in [0.15, 0.2) is 36.4 Å². The van der Waals surface area contributed by atoms with Crippen LogP contribution in [0.1, 0.15) is 77.3 Å². The Kier molecular flexibility index (Phi) is 5.85. The molecular weight excluding hydrogens is 536 g/mol. The average Bonchev–Trinajstić information content (AvgIpc) is 3.52. The second kappa shape index (κ2) is 9.28. The first-order valence-corrected chi connectivity index (χ1v) is 16.0. The molecule has 4 atom stereocenters. The molecule has 1 unspecified atom stereocenters. The summed E-state index contributed by atoms with van der Waals surface area (Å²) in [5, 5.41) is 0. The van der Waals surface area contributed by atoms with Crippen LogP contribution in [0.3, 0.4) is 0 Å². The summed E-state index contributed by atoms with van der Waals surface area (Å²) in [6.45, 7) is 13.0. The molecule has 1 spiro atoms. The molecule has 2 aliphatic carbocycles. The molecule has 7 heteroatoms. The van der Waals surface area contributed by atoms with Crippen molar-refractivity contribution >= 4 is 11.6 Å². The number of likely N-dealkylation sites (tertiary alicyclic amines) is 1. The number of nitrogens with one attached hydrogen (secondary N) is 1. The lowest BCUT2D eigenvalue weighted by atomic mass is 9.51. The van der Waals surface area contributed by atoms with Gasteiger partial charge < -0.3 is 29.2 Å². The number of likely N-dealkylation sites (N-methyl/N-ethyl adjacent to an activating group) is 1. The zero-order valence-corrected chi connectivity index (χ0v) is 26.4. The molecule has 7 nitrogen and oxygen atoms in total. The van der Waals surface area contributed by atoms with E-state index in [0.29, 0.717) is 25.0 Å². The quantitative estimate of drug-likeness (QED) is 0.450.